The topological polar surface area (TPSA) is 35.5 Å². The molecule has 1 aromatic carbocycles. The smallest absolute Gasteiger partial charge is 0.0597 e. The van der Waals surface area contributed by atoms with Crippen molar-refractivity contribution in [2.45, 2.75) is 31.8 Å². The van der Waals surface area contributed by atoms with Gasteiger partial charge < -0.3 is 15.3 Å². The molecule has 0 saturated carbocycles. The van der Waals surface area contributed by atoms with Gasteiger partial charge in [-0.05, 0) is 31.5 Å². The molecule has 0 spiro atoms. The van der Waals surface area contributed by atoms with E-state index in [1.54, 1.807) is 0 Å². The Balaban J connectivity index is 1.74. The van der Waals surface area contributed by atoms with E-state index in [0.717, 1.165) is 13.1 Å². The minimum absolute atomic E-state index is 0.184. The lowest BCUT2D eigenvalue weighted by atomic mass is 10.1. The second kappa shape index (κ2) is 7.52. The van der Waals surface area contributed by atoms with Crippen molar-refractivity contribution < 1.29 is 5.11 Å². The lowest BCUT2D eigenvalue weighted by molar-refractivity contribution is 0.162. The molecule has 0 amide bonds. The second-order valence-electron chi connectivity index (χ2n) is 5.11. The largest absolute Gasteiger partial charge is 0.395 e. The molecule has 100 valence electrons. The van der Waals surface area contributed by atoms with Crippen LogP contribution in [-0.2, 0) is 6.54 Å². The van der Waals surface area contributed by atoms with Gasteiger partial charge in [0.05, 0.1) is 6.61 Å². The average molecular weight is 248 g/mol. The van der Waals surface area contributed by atoms with Gasteiger partial charge >= 0.3 is 0 Å². The second-order valence-corrected chi connectivity index (χ2v) is 5.11. The summed E-state index contributed by atoms with van der Waals surface area (Å²) in [5, 5.41) is 12.9. The lowest BCUT2D eigenvalue weighted by Gasteiger charge is -2.30. The summed E-state index contributed by atoms with van der Waals surface area (Å²) in [6.07, 6.45) is 3.96. The van der Waals surface area contributed by atoms with E-state index in [0.29, 0.717) is 0 Å². The van der Waals surface area contributed by atoms with E-state index in [1.807, 2.05) is 6.07 Å². The maximum Gasteiger partial charge on any atom is 0.0597 e. The summed E-state index contributed by atoms with van der Waals surface area (Å²) >= 11 is 0. The number of likely N-dealkylation sites (tertiary alicyclic amines) is 1. The molecule has 3 heteroatoms. The summed E-state index contributed by atoms with van der Waals surface area (Å²) in [4.78, 5) is 2.46. The van der Waals surface area contributed by atoms with Gasteiger partial charge in [0.2, 0.25) is 0 Å². The summed E-state index contributed by atoms with van der Waals surface area (Å²) < 4.78 is 0. The van der Waals surface area contributed by atoms with Gasteiger partial charge in [-0.15, -0.1) is 0 Å². The fraction of sp³-hybridized carbons (Fsp3) is 0.600. The molecule has 18 heavy (non-hydrogen) atoms. The van der Waals surface area contributed by atoms with Crippen LogP contribution in [0.15, 0.2) is 30.3 Å². The van der Waals surface area contributed by atoms with Crippen LogP contribution in [0.5, 0.6) is 0 Å². The number of hydrogen-bond acceptors (Lipinski definition) is 3. The maximum absolute atomic E-state index is 9.45. The van der Waals surface area contributed by atoms with Gasteiger partial charge in [-0.25, -0.2) is 0 Å². The van der Waals surface area contributed by atoms with E-state index in [4.69, 9.17) is 0 Å². The molecule has 1 atom stereocenters. The van der Waals surface area contributed by atoms with Gasteiger partial charge in [0.25, 0.3) is 0 Å². The highest BCUT2D eigenvalue weighted by atomic mass is 16.3. The monoisotopic (exact) mass is 248 g/mol. The number of aliphatic hydroxyl groups excluding tert-OH is 1. The molecule has 1 aliphatic heterocycles. The van der Waals surface area contributed by atoms with Crippen molar-refractivity contribution in [3.63, 3.8) is 0 Å². The lowest BCUT2D eigenvalue weighted by Crippen LogP contribution is -2.44. The molecule has 1 aromatic rings. The number of hydrogen-bond donors (Lipinski definition) is 2. The molecule has 2 N–H and O–H groups in total. The SMILES string of the molecule is OC[C@H](CN1CCCCC1)NCc1ccccc1. The Bertz CT molecular complexity index is 323. The van der Waals surface area contributed by atoms with Gasteiger partial charge in [-0.3, -0.25) is 0 Å². The highest BCUT2D eigenvalue weighted by molar-refractivity contribution is 5.14. The van der Waals surface area contributed by atoms with Crippen LogP contribution in [0.25, 0.3) is 0 Å². The van der Waals surface area contributed by atoms with Crippen molar-refractivity contribution in [2.75, 3.05) is 26.2 Å². The van der Waals surface area contributed by atoms with Crippen molar-refractivity contribution in [3.05, 3.63) is 35.9 Å². The molecule has 2 rings (SSSR count). The molecule has 1 aliphatic rings. The van der Waals surface area contributed by atoms with Gasteiger partial charge in [0, 0.05) is 19.1 Å². The summed E-state index contributed by atoms with van der Waals surface area (Å²) in [5.74, 6) is 0. The first kappa shape index (κ1) is 13.5. The van der Waals surface area contributed by atoms with Gasteiger partial charge in [-0.1, -0.05) is 36.8 Å². The molecule has 1 heterocycles. The summed E-state index contributed by atoms with van der Waals surface area (Å²) in [6, 6.07) is 10.5. The Morgan fingerprint density at radius 2 is 1.83 bits per heavy atom. The third-order valence-electron chi connectivity index (χ3n) is 3.59. The molecule has 0 unspecified atom stereocenters. The Labute approximate surface area is 110 Å². The fourth-order valence-electron chi connectivity index (χ4n) is 2.50. The summed E-state index contributed by atoms with van der Waals surface area (Å²) in [5.41, 5.74) is 1.27. The zero-order valence-electron chi connectivity index (χ0n) is 11.0. The molecular weight excluding hydrogens is 224 g/mol. The van der Waals surface area contributed by atoms with Crippen LogP contribution in [0.1, 0.15) is 24.8 Å². The van der Waals surface area contributed by atoms with Crippen LogP contribution in [0.4, 0.5) is 0 Å². The first-order chi connectivity index (χ1) is 8.88. The minimum atomic E-state index is 0.184. The third-order valence-corrected chi connectivity index (χ3v) is 3.59. The van der Waals surface area contributed by atoms with Gasteiger partial charge in [-0.2, -0.15) is 0 Å². The van der Waals surface area contributed by atoms with E-state index in [-0.39, 0.29) is 12.6 Å². The first-order valence-corrected chi connectivity index (χ1v) is 6.99. The Morgan fingerprint density at radius 1 is 1.11 bits per heavy atom. The molecule has 1 fully saturated rings. The Kier molecular flexibility index (Phi) is 5.65. The quantitative estimate of drug-likeness (QED) is 0.803. The van der Waals surface area contributed by atoms with Crippen LogP contribution >= 0.6 is 0 Å². The van der Waals surface area contributed by atoms with Crippen molar-refractivity contribution in [3.8, 4) is 0 Å². The fourth-order valence-corrected chi connectivity index (χ4v) is 2.50. The molecule has 0 aromatic heterocycles. The van der Waals surface area contributed by atoms with Crippen LogP contribution in [0.3, 0.4) is 0 Å². The van der Waals surface area contributed by atoms with E-state index in [9.17, 15) is 5.11 Å². The molecular formula is C15H24N2O. The van der Waals surface area contributed by atoms with Crippen molar-refractivity contribution in [2.24, 2.45) is 0 Å². The summed E-state index contributed by atoms with van der Waals surface area (Å²) in [7, 11) is 0. The Hall–Kier alpha value is -0.900. The number of piperidine rings is 1. The zero-order chi connectivity index (χ0) is 12.6. The molecule has 0 bridgehead atoms. The molecule has 3 nitrogen and oxygen atoms in total. The Morgan fingerprint density at radius 3 is 2.50 bits per heavy atom. The van der Waals surface area contributed by atoms with Crippen molar-refractivity contribution >= 4 is 0 Å². The number of aliphatic hydroxyl groups is 1. The third kappa shape index (κ3) is 4.41. The molecule has 1 saturated heterocycles. The minimum Gasteiger partial charge on any atom is -0.395 e. The number of rotatable bonds is 6. The van der Waals surface area contributed by atoms with Gasteiger partial charge in [0.15, 0.2) is 0 Å². The predicted octanol–water partition coefficient (Wildman–Crippen LogP) is 1.62. The van der Waals surface area contributed by atoms with Crippen LogP contribution < -0.4 is 5.32 Å². The highest BCUT2D eigenvalue weighted by Gasteiger charge is 2.15. The molecule has 0 aliphatic carbocycles. The maximum atomic E-state index is 9.45. The van der Waals surface area contributed by atoms with Crippen molar-refractivity contribution in [1.29, 1.82) is 0 Å². The van der Waals surface area contributed by atoms with E-state index in [1.165, 1.54) is 37.9 Å². The van der Waals surface area contributed by atoms with E-state index < -0.39 is 0 Å². The zero-order valence-corrected chi connectivity index (χ0v) is 11.0. The standard InChI is InChI=1S/C15H24N2O/c18-13-15(12-17-9-5-2-6-10-17)16-11-14-7-3-1-4-8-14/h1,3-4,7-8,15-16,18H,2,5-6,9-13H2/t15-/m0/s1. The van der Waals surface area contributed by atoms with Crippen molar-refractivity contribution in [1.82, 2.24) is 10.2 Å². The summed E-state index contributed by atoms with van der Waals surface area (Å²) in [6.45, 7) is 4.37. The number of benzene rings is 1. The number of nitrogens with one attached hydrogen (secondary N) is 1. The predicted molar refractivity (Wildman–Crippen MR) is 74.4 cm³/mol. The van der Waals surface area contributed by atoms with Crippen LogP contribution in [0, 0.1) is 0 Å². The van der Waals surface area contributed by atoms with E-state index in [2.05, 4.69) is 34.5 Å². The van der Waals surface area contributed by atoms with E-state index >= 15 is 0 Å². The van der Waals surface area contributed by atoms with Crippen LogP contribution in [0.2, 0.25) is 0 Å². The molecule has 0 radical (unpaired) electrons. The van der Waals surface area contributed by atoms with Gasteiger partial charge in [0.1, 0.15) is 0 Å². The first-order valence-electron chi connectivity index (χ1n) is 6.99. The normalized spacial score (nSPS) is 18.7. The number of nitrogens with zero attached hydrogens (tertiary/aromatic N) is 1. The van der Waals surface area contributed by atoms with Crippen LogP contribution in [-0.4, -0.2) is 42.3 Å². The average Bonchev–Trinajstić information content (AvgIpc) is 2.45. The highest BCUT2D eigenvalue weighted by Crippen LogP contribution is 2.09.